The number of amides is 1. The number of thiophene rings is 1. The first-order valence-electron chi connectivity index (χ1n) is 8.06. The van der Waals surface area contributed by atoms with Crippen molar-refractivity contribution in [2.45, 2.75) is 46.7 Å². The highest BCUT2D eigenvalue weighted by molar-refractivity contribution is 7.18. The maximum atomic E-state index is 12.6. The summed E-state index contributed by atoms with van der Waals surface area (Å²) in [6, 6.07) is -0.727. The molecule has 0 saturated heterocycles. The van der Waals surface area contributed by atoms with Crippen molar-refractivity contribution >= 4 is 33.4 Å². The number of hydrogen-bond donors (Lipinski definition) is 1. The monoisotopic (exact) mass is 365 g/mol. The lowest BCUT2D eigenvalue weighted by Gasteiger charge is -2.18. The van der Waals surface area contributed by atoms with Crippen LogP contribution in [0.25, 0.3) is 10.2 Å². The molecule has 2 aromatic heterocycles. The number of rotatable bonds is 6. The minimum atomic E-state index is -0.727. The Kier molecular flexibility index (Phi) is 5.94. The first kappa shape index (κ1) is 19.1. The molecule has 0 aliphatic heterocycles. The van der Waals surface area contributed by atoms with Crippen LogP contribution in [0.3, 0.4) is 0 Å². The second kappa shape index (κ2) is 7.77. The van der Waals surface area contributed by atoms with Gasteiger partial charge in [0.25, 0.3) is 5.56 Å². The van der Waals surface area contributed by atoms with Gasteiger partial charge in [-0.1, -0.05) is 13.8 Å². The van der Waals surface area contributed by atoms with Crippen molar-refractivity contribution in [2.24, 2.45) is 5.92 Å². The Morgan fingerprint density at radius 2 is 2.04 bits per heavy atom. The van der Waals surface area contributed by atoms with Gasteiger partial charge < -0.3 is 10.1 Å². The molecule has 8 heteroatoms. The molecule has 0 fully saturated rings. The van der Waals surface area contributed by atoms with Crippen molar-refractivity contribution in [3.63, 3.8) is 0 Å². The van der Waals surface area contributed by atoms with Crippen LogP contribution in [-0.4, -0.2) is 34.6 Å². The van der Waals surface area contributed by atoms with Crippen molar-refractivity contribution < 1.29 is 14.3 Å². The Labute approximate surface area is 150 Å². The van der Waals surface area contributed by atoms with Crippen molar-refractivity contribution in [3.05, 3.63) is 27.1 Å². The molecule has 0 aliphatic carbocycles. The fraction of sp³-hybridized carbons (Fsp3) is 0.529. The zero-order valence-electron chi connectivity index (χ0n) is 15.1. The van der Waals surface area contributed by atoms with Crippen molar-refractivity contribution in [2.75, 3.05) is 7.11 Å². The molecule has 2 aromatic rings. The fourth-order valence-corrected chi connectivity index (χ4v) is 3.59. The molecule has 1 amide bonds. The van der Waals surface area contributed by atoms with Crippen molar-refractivity contribution in [3.8, 4) is 0 Å². The Morgan fingerprint density at radius 3 is 2.64 bits per heavy atom. The molecule has 1 unspecified atom stereocenters. The number of aryl methyl sites for hydroxylation is 2. The van der Waals surface area contributed by atoms with Gasteiger partial charge in [-0.2, -0.15) is 0 Å². The average Bonchev–Trinajstić information content (AvgIpc) is 2.83. The van der Waals surface area contributed by atoms with Gasteiger partial charge in [-0.3, -0.25) is 14.2 Å². The van der Waals surface area contributed by atoms with Gasteiger partial charge >= 0.3 is 5.97 Å². The van der Waals surface area contributed by atoms with Gasteiger partial charge in [0.2, 0.25) is 5.91 Å². The van der Waals surface area contributed by atoms with Gasteiger partial charge in [0.15, 0.2) is 0 Å². The molecular formula is C17H23N3O4S. The van der Waals surface area contributed by atoms with E-state index in [-0.39, 0.29) is 18.0 Å². The van der Waals surface area contributed by atoms with Gasteiger partial charge in [0, 0.05) is 4.88 Å². The molecule has 0 bridgehead atoms. The maximum Gasteiger partial charge on any atom is 0.328 e. The van der Waals surface area contributed by atoms with Gasteiger partial charge in [0.05, 0.1) is 18.8 Å². The molecular weight excluding hydrogens is 342 g/mol. The number of ether oxygens (including phenoxy) is 1. The number of esters is 1. The quantitative estimate of drug-likeness (QED) is 0.788. The third kappa shape index (κ3) is 4.25. The van der Waals surface area contributed by atoms with Crippen LogP contribution in [0.5, 0.6) is 0 Å². The summed E-state index contributed by atoms with van der Waals surface area (Å²) in [6.45, 7) is 7.52. The van der Waals surface area contributed by atoms with Crippen LogP contribution in [0.4, 0.5) is 0 Å². The maximum absolute atomic E-state index is 12.6. The van der Waals surface area contributed by atoms with Crippen LogP contribution in [0.1, 0.15) is 30.7 Å². The molecule has 7 nitrogen and oxygen atoms in total. The number of hydrogen-bond acceptors (Lipinski definition) is 6. The first-order valence-corrected chi connectivity index (χ1v) is 8.88. The summed E-state index contributed by atoms with van der Waals surface area (Å²) < 4.78 is 6.00. The number of carbonyl (C=O) groups excluding carboxylic acids is 2. The van der Waals surface area contributed by atoms with Crippen LogP contribution >= 0.6 is 11.3 Å². The van der Waals surface area contributed by atoms with Gasteiger partial charge in [-0.05, 0) is 31.7 Å². The summed E-state index contributed by atoms with van der Waals surface area (Å²) in [5.74, 6) is -0.710. The Balaban J connectivity index is 2.21. The second-order valence-corrected chi connectivity index (χ2v) is 7.62. The smallest absolute Gasteiger partial charge is 0.328 e. The minimum absolute atomic E-state index is 0.193. The number of nitrogens with one attached hydrogen (secondary N) is 1. The molecule has 25 heavy (non-hydrogen) atoms. The van der Waals surface area contributed by atoms with Crippen LogP contribution in [0, 0.1) is 19.8 Å². The fourth-order valence-electron chi connectivity index (χ4n) is 2.61. The Morgan fingerprint density at radius 1 is 1.36 bits per heavy atom. The standard InChI is InChI=1S/C17H23N3O4S/c1-9(2)6-12(17(23)24-5)19-13(21)7-20-8-18-15-14(16(20)22)10(3)11(4)25-15/h8-9,12H,6-7H2,1-5H3,(H,19,21). The van der Waals surface area contributed by atoms with Crippen LogP contribution in [0.15, 0.2) is 11.1 Å². The summed E-state index contributed by atoms with van der Waals surface area (Å²) in [4.78, 5) is 42.7. The van der Waals surface area contributed by atoms with E-state index in [9.17, 15) is 14.4 Å². The van der Waals surface area contributed by atoms with E-state index in [0.29, 0.717) is 16.6 Å². The van der Waals surface area contributed by atoms with E-state index in [2.05, 4.69) is 10.3 Å². The highest BCUT2D eigenvalue weighted by Gasteiger charge is 2.23. The minimum Gasteiger partial charge on any atom is -0.467 e. The van der Waals surface area contributed by atoms with E-state index in [1.165, 1.54) is 29.3 Å². The van der Waals surface area contributed by atoms with Gasteiger partial charge in [0.1, 0.15) is 17.4 Å². The first-order chi connectivity index (χ1) is 11.7. The lowest BCUT2D eigenvalue weighted by atomic mass is 10.0. The number of fused-ring (bicyclic) bond motifs is 1. The zero-order valence-corrected chi connectivity index (χ0v) is 15.9. The lowest BCUT2D eigenvalue weighted by Crippen LogP contribution is -2.44. The van der Waals surface area contributed by atoms with Crippen molar-refractivity contribution in [1.29, 1.82) is 0 Å². The number of methoxy groups -OCH3 is 1. The van der Waals surface area contributed by atoms with Crippen LogP contribution in [0.2, 0.25) is 0 Å². The third-order valence-corrected chi connectivity index (χ3v) is 5.11. The van der Waals surface area contributed by atoms with E-state index in [1.54, 1.807) is 0 Å². The van der Waals surface area contributed by atoms with E-state index in [0.717, 1.165) is 10.4 Å². The lowest BCUT2D eigenvalue weighted by molar-refractivity contribution is -0.145. The van der Waals surface area contributed by atoms with Gasteiger partial charge in [-0.25, -0.2) is 9.78 Å². The predicted octanol–water partition coefficient (Wildman–Crippen LogP) is 1.78. The van der Waals surface area contributed by atoms with Crippen LogP contribution < -0.4 is 10.9 Å². The summed E-state index contributed by atoms with van der Waals surface area (Å²) in [7, 11) is 1.28. The molecule has 0 radical (unpaired) electrons. The average molecular weight is 365 g/mol. The normalized spacial score (nSPS) is 12.4. The summed E-state index contributed by atoms with van der Waals surface area (Å²) in [6.07, 6.45) is 1.84. The number of carbonyl (C=O) groups is 2. The van der Waals surface area contributed by atoms with E-state index in [4.69, 9.17) is 4.74 Å². The topological polar surface area (TPSA) is 90.3 Å². The summed E-state index contributed by atoms with van der Waals surface area (Å²) >= 11 is 1.46. The second-order valence-electron chi connectivity index (χ2n) is 6.41. The Hall–Kier alpha value is -2.22. The third-order valence-electron chi connectivity index (χ3n) is 4.00. The van der Waals surface area contributed by atoms with E-state index in [1.807, 2.05) is 27.7 Å². The molecule has 0 saturated carbocycles. The number of aromatic nitrogens is 2. The largest absolute Gasteiger partial charge is 0.467 e. The predicted molar refractivity (Wildman–Crippen MR) is 96.8 cm³/mol. The van der Waals surface area contributed by atoms with Gasteiger partial charge in [-0.15, -0.1) is 11.3 Å². The SMILES string of the molecule is COC(=O)C(CC(C)C)NC(=O)Cn1cnc2sc(C)c(C)c2c1=O. The van der Waals surface area contributed by atoms with E-state index < -0.39 is 17.9 Å². The molecule has 2 rings (SSSR count). The zero-order chi connectivity index (χ0) is 18.7. The molecule has 0 aliphatic rings. The molecule has 136 valence electrons. The van der Waals surface area contributed by atoms with Crippen molar-refractivity contribution in [1.82, 2.24) is 14.9 Å². The molecule has 0 aromatic carbocycles. The molecule has 0 spiro atoms. The highest BCUT2D eigenvalue weighted by Crippen LogP contribution is 2.25. The molecule has 2 heterocycles. The summed E-state index contributed by atoms with van der Waals surface area (Å²) in [5, 5.41) is 3.19. The molecule has 1 N–H and O–H groups in total. The van der Waals surface area contributed by atoms with Crippen LogP contribution in [-0.2, 0) is 20.9 Å². The molecule has 1 atom stereocenters. The van der Waals surface area contributed by atoms with E-state index >= 15 is 0 Å². The summed E-state index contributed by atoms with van der Waals surface area (Å²) in [5.41, 5.74) is 0.639. The Bertz CT molecular complexity index is 853. The highest BCUT2D eigenvalue weighted by atomic mass is 32.1. The number of nitrogens with zero attached hydrogens (tertiary/aromatic N) is 2.